The minimum Gasteiger partial charge on any atom is -0.338 e. The van der Waals surface area contributed by atoms with Crippen LogP contribution in [-0.2, 0) is 16.6 Å². The SMILES string of the molecule is Cc1noc(CS(C)=O)n1. The molecular weight excluding hydrogens is 152 g/mol. The molecule has 0 saturated heterocycles. The second-order valence-electron chi connectivity index (χ2n) is 1.95. The molecule has 1 heterocycles. The van der Waals surface area contributed by atoms with Crippen molar-refractivity contribution in [3.8, 4) is 0 Å². The van der Waals surface area contributed by atoms with Gasteiger partial charge in [-0.1, -0.05) is 5.16 Å². The number of aryl methyl sites for hydroxylation is 1. The lowest BCUT2D eigenvalue weighted by Gasteiger charge is -1.84. The molecule has 0 aliphatic carbocycles. The molecule has 1 aromatic heterocycles. The van der Waals surface area contributed by atoms with Gasteiger partial charge in [0.05, 0.1) is 0 Å². The zero-order valence-electron chi connectivity index (χ0n) is 5.83. The normalized spacial score (nSPS) is 13.4. The molecule has 56 valence electrons. The summed E-state index contributed by atoms with van der Waals surface area (Å²) < 4.78 is 15.3. The van der Waals surface area contributed by atoms with E-state index in [2.05, 4.69) is 10.1 Å². The van der Waals surface area contributed by atoms with Gasteiger partial charge in [-0.15, -0.1) is 0 Å². The standard InChI is InChI=1S/C5H8N2O2S/c1-4-6-5(9-7-4)3-10(2)8/h3H2,1-2H3. The average molecular weight is 160 g/mol. The molecule has 0 radical (unpaired) electrons. The Morgan fingerprint density at radius 2 is 2.40 bits per heavy atom. The molecule has 0 saturated carbocycles. The van der Waals surface area contributed by atoms with Crippen LogP contribution in [0, 0.1) is 6.92 Å². The number of hydrogen-bond acceptors (Lipinski definition) is 4. The summed E-state index contributed by atoms with van der Waals surface area (Å²) in [6, 6.07) is 0. The van der Waals surface area contributed by atoms with Crippen LogP contribution in [0.1, 0.15) is 11.7 Å². The van der Waals surface area contributed by atoms with Crippen LogP contribution in [0.15, 0.2) is 4.52 Å². The lowest BCUT2D eigenvalue weighted by atomic mass is 10.7. The Balaban J connectivity index is 2.67. The van der Waals surface area contributed by atoms with Crippen molar-refractivity contribution in [1.29, 1.82) is 0 Å². The largest absolute Gasteiger partial charge is 0.338 e. The summed E-state index contributed by atoms with van der Waals surface area (Å²) in [7, 11) is -0.899. The first kappa shape index (κ1) is 7.40. The van der Waals surface area contributed by atoms with Crippen LogP contribution in [0.2, 0.25) is 0 Å². The van der Waals surface area contributed by atoms with Gasteiger partial charge in [-0.25, -0.2) is 0 Å². The molecule has 0 aliphatic heterocycles. The molecular formula is C5H8N2O2S. The first-order chi connectivity index (χ1) is 4.68. The second-order valence-corrected chi connectivity index (χ2v) is 3.39. The van der Waals surface area contributed by atoms with Crippen LogP contribution < -0.4 is 0 Å². The van der Waals surface area contributed by atoms with E-state index in [0.717, 1.165) is 0 Å². The highest BCUT2D eigenvalue weighted by atomic mass is 32.2. The highest BCUT2D eigenvalue weighted by Crippen LogP contribution is 1.97. The maximum Gasteiger partial charge on any atom is 0.239 e. The fraction of sp³-hybridized carbons (Fsp3) is 0.600. The van der Waals surface area contributed by atoms with Gasteiger partial charge < -0.3 is 4.52 Å². The minimum absolute atomic E-state index is 0.348. The first-order valence-corrected chi connectivity index (χ1v) is 4.50. The monoisotopic (exact) mass is 160 g/mol. The van der Waals surface area contributed by atoms with Crippen molar-refractivity contribution in [3.63, 3.8) is 0 Å². The van der Waals surface area contributed by atoms with Crippen LogP contribution in [0.5, 0.6) is 0 Å². The topological polar surface area (TPSA) is 56.0 Å². The summed E-state index contributed by atoms with van der Waals surface area (Å²) in [5.41, 5.74) is 0. The van der Waals surface area contributed by atoms with Crippen LogP contribution in [-0.4, -0.2) is 20.6 Å². The van der Waals surface area contributed by atoms with E-state index in [9.17, 15) is 4.21 Å². The Hall–Kier alpha value is -0.710. The smallest absolute Gasteiger partial charge is 0.239 e. The predicted octanol–water partition coefficient (Wildman–Crippen LogP) is 0.257. The molecule has 0 amide bonds. The van der Waals surface area contributed by atoms with Crippen LogP contribution in [0.3, 0.4) is 0 Å². The van der Waals surface area contributed by atoms with Gasteiger partial charge in [0.15, 0.2) is 5.82 Å². The van der Waals surface area contributed by atoms with Crippen LogP contribution in [0.25, 0.3) is 0 Å². The third-order valence-corrected chi connectivity index (χ3v) is 1.55. The molecule has 4 nitrogen and oxygen atoms in total. The molecule has 0 bridgehead atoms. The van der Waals surface area contributed by atoms with Crippen LogP contribution in [0.4, 0.5) is 0 Å². The fourth-order valence-electron chi connectivity index (χ4n) is 0.573. The number of rotatable bonds is 2. The number of nitrogens with zero attached hydrogens (tertiary/aromatic N) is 2. The minimum atomic E-state index is -0.899. The highest BCUT2D eigenvalue weighted by molar-refractivity contribution is 7.83. The van der Waals surface area contributed by atoms with E-state index >= 15 is 0 Å². The third-order valence-electron chi connectivity index (χ3n) is 0.896. The first-order valence-electron chi connectivity index (χ1n) is 2.77. The Morgan fingerprint density at radius 1 is 1.70 bits per heavy atom. The molecule has 10 heavy (non-hydrogen) atoms. The number of hydrogen-bond donors (Lipinski definition) is 0. The van der Waals surface area contributed by atoms with Gasteiger partial charge in [-0.3, -0.25) is 4.21 Å². The van der Waals surface area contributed by atoms with E-state index in [1.54, 1.807) is 13.2 Å². The van der Waals surface area contributed by atoms with Crippen molar-refractivity contribution in [2.45, 2.75) is 12.7 Å². The molecule has 0 spiro atoms. The molecule has 0 fully saturated rings. The van der Waals surface area contributed by atoms with Gasteiger partial charge in [0.1, 0.15) is 5.75 Å². The Labute approximate surface area is 61.1 Å². The quantitative estimate of drug-likeness (QED) is 0.622. The lowest BCUT2D eigenvalue weighted by molar-refractivity contribution is 0.386. The van der Waals surface area contributed by atoms with Gasteiger partial charge in [-0.2, -0.15) is 4.98 Å². The highest BCUT2D eigenvalue weighted by Gasteiger charge is 2.02. The van der Waals surface area contributed by atoms with Crippen molar-refractivity contribution in [3.05, 3.63) is 11.7 Å². The summed E-state index contributed by atoms with van der Waals surface area (Å²) in [5.74, 6) is 1.37. The van der Waals surface area contributed by atoms with Crippen molar-refractivity contribution in [1.82, 2.24) is 10.1 Å². The maximum atomic E-state index is 10.6. The molecule has 1 atom stereocenters. The molecule has 0 N–H and O–H groups in total. The van der Waals surface area contributed by atoms with Gasteiger partial charge in [0.2, 0.25) is 5.89 Å². The lowest BCUT2D eigenvalue weighted by Crippen LogP contribution is -1.91. The van der Waals surface area contributed by atoms with E-state index in [0.29, 0.717) is 17.5 Å². The van der Waals surface area contributed by atoms with Crippen molar-refractivity contribution in [2.24, 2.45) is 0 Å². The summed E-state index contributed by atoms with van der Waals surface area (Å²) in [5, 5.41) is 3.55. The molecule has 1 rings (SSSR count). The van der Waals surface area contributed by atoms with E-state index in [1.165, 1.54) is 0 Å². The third kappa shape index (κ3) is 1.91. The summed E-state index contributed by atoms with van der Waals surface area (Å²) in [6.45, 7) is 1.73. The van der Waals surface area contributed by atoms with Crippen LogP contribution >= 0.6 is 0 Å². The Morgan fingerprint density at radius 3 is 2.80 bits per heavy atom. The summed E-state index contributed by atoms with van der Waals surface area (Å²) >= 11 is 0. The van der Waals surface area contributed by atoms with Crippen molar-refractivity contribution in [2.75, 3.05) is 6.26 Å². The van der Waals surface area contributed by atoms with Gasteiger partial charge >= 0.3 is 0 Å². The molecule has 0 aliphatic rings. The molecule has 0 aromatic carbocycles. The number of aromatic nitrogens is 2. The maximum absolute atomic E-state index is 10.6. The molecule has 5 heteroatoms. The van der Waals surface area contributed by atoms with Crippen molar-refractivity contribution >= 4 is 10.8 Å². The summed E-state index contributed by atoms with van der Waals surface area (Å²) in [6.07, 6.45) is 1.60. The van der Waals surface area contributed by atoms with E-state index in [4.69, 9.17) is 4.52 Å². The van der Waals surface area contributed by atoms with E-state index < -0.39 is 10.8 Å². The van der Waals surface area contributed by atoms with E-state index in [-0.39, 0.29) is 0 Å². The second kappa shape index (κ2) is 2.92. The predicted molar refractivity (Wildman–Crippen MR) is 36.8 cm³/mol. The molecule has 1 aromatic rings. The fourth-order valence-corrected chi connectivity index (χ4v) is 1.04. The molecule has 1 unspecified atom stereocenters. The van der Waals surface area contributed by atoms with E-state index in [1.807, 2.05) is 0 Å². The zero-order chi connectivity index (χ0) is 7.56. The Kier molecular flexibility index (Phi) is 2.16. The summed E-state index contributed by atoms with van der Waals surface area (Å²) in [4.78, 5) is 3.88. The van der Waals surface area contributed by atoms with Gasteiger partial charge in [0, 0.05) is 17.1 Å². The average Bonchev–Trinajstić information content (AvgIpc) is 2.13. The van der Waals surface area contributed by atoms with Crippen molar-refractivity contribution < 1.29 is 8.73 Å². The van der Waals surface area contributed by atoms with Gasteiger partial charge in [-0.05, 0) is 6.92 Å². The Bertz CT molecular complexity index is 246. The zero-order valence-corrected chi connectivity index (χ0v) is 6.64. The van der Waals surface area contributed by atoms with Gasteiger partial charge in [0.25, 0.3) is 0 Å².